The molecule has 0 radical (unpaired) electrons. The largest absolute Gasteiger partial charge is 0.497 e. The quantitative estimate of drug-likeness (QED) is 0.501. The van der Waals surface area contributed by atoms with E-state index in [-0.39, 0.29) is 23.9 Å². The summed E-state index contributed by atoms with van der Waals surface area (Å²) in [4.78, 5) is 30.8. The van der Waals surface area contributed by atoms with Gasteiger partial charge in [0.15, 0.2) is 0 Å². The van der Waals surface area contributed by atoms with Crippen LogP contribution in [0.4, 0.5) is 5.69 Å². The van der Waals surface area contributed by atoms with Gasteiger partial charge < -0.3 is 19.7 Å². The molecule has 2 amide bonds. The lowest BCUT2D eigenvalue weighted by Crippen LogP contribution is -2.49. The highest BCUT2D eigenvalue weighted by Gasteiger charge is 2.47. The molecule has 1 aliphatic carbocycles. The predicted molar refractivity (Wildman–Crippen MR) is 133 cm³/mol. The molecule has 2 aromatic carbocycles. The lowest BCUT2D eigenvalue weighted by molar-refractivity contribution is -0.119. The number of nitrogens with one attached hydrogen (secondary N) is 1. The van der Waals surface area contributed by atoms with Crippen molar-refractivity contribution in [1.29, 1.82) is 0 Å². The van der Waals surface area contributed by atoms with Crippen LogP contribution in [0.3, 0.4) is 0 Å². The highest BCUT2D eigenvalue weighted by Crippen LogP contribution is 2.47. The molecule has 7 heteroatoms. The van der Waals surface area contributed by atoms with Gasteiger partial charge >= 0.3 is 0 Å². The number of hydrogen-bond acceptors (Lipinski definition) is 5. The summed E-state index contributed by atoms with van der Waals surface area (Å²) < 4.78 is 10.8. The monoisotopic (exact) mass is 476 g/mol. The fourth-order valence-electron chi connectivity index (χ4n) is 5.30. The molecule has 0 unspecified atom stereocenters. The summed E-state index contributed by atoms with van der Waals surface area (Å²) in [5.41, 5.74) is 1.91. The molecule has 1 saturated carbocycles. The number of rotatable bonds is 6. The van der Waals surface area contributed by atoms with Crippen LogP contribution in [0.25, 0.3) is 0 Å². The summed E-state index contributed by atoms with van der Waals surface area (Å²) >= 11 is 1.59. The van der Waals surface area contributed by atoms with Gasteiger partial charge in [-0.15, -0.1) is 11.3 Å². The highest BCUT2D eigenvalue weighted by molar-refractivity contribution is 7.10. The van der Waals surface area contributed by atoms with E-state index in [2.05, 4.69) is 5.32 Å². The van der Waals surface area contributed by atoms with E-state index < -0.39 is 5.92 Å². The summed E-state index contributed by atoms with van der Waals surface area (Å²) in [7, 11) is 3.16. The van der Waals surface area contributed by atoms with E-state index in [9.17, 15) is 9.59 Å². The number of hydrogen-bond donors (Lipinski definition) is 1. The summed E-state index contributed by atoms with van der Waals surface area (Å²) in [6.07, 6.45) is 4.14. The van der Waals surface area contributed by atoms with Crippen molar-refractivity contribution in [2.75, 3.05) is 19.5 Å². The first-order chi connectivity index (χ1) is 16.6. The van der Waals surface area contributed by atoms with Crippen LogP contribution in [0.5, 0.6) is 11.5 Å². The van der Waals surface area contributed by atoms with E-state index >= 15 is 0 Å². The summed E-state index contributed by atoms with van der Waals surface area (Å²) in [5, 5.41) is 5.09. The number of benzene rings is 2. The second-order valence-electron chi connectivity index (χ2n) is 8.73. The Kier molecular flexibility index (Phi) is 6.28. The average Bonchev–Trinajstić information content (AvgIpc) is 3.58. The van der Waals surface area contributed by atoms with E-state index in [0.717, 1.165) is 36.1 Å². The van der Waals surface area contributed by atoms with Crippen molar-refractivity contribution in [1.82, 2.24) is 4.90 Å². The van der Waals surface area contributed by atoms with Crippen LogP contribution in [0.2, 0.25) is 0 Å². The van der Waals surface area contributed by atoms with Crippen molar-refractivity contribution in [2.24, 2.45) is 0 Å². The fourth-order valence-corrected chi connectivity index (χ4v) is 6.16. The zero-order chi connectivity index (χ0) is 23.7. The van der Waals surface area contributed by atoms with Crippen LogP contribution in [0.1, 0.15) is 58.4 Å². The molecule has 1 aromatic heterocycles. The van der Waals surface area contributed by atoms with Gasteiger partial charge in [0.05, 0.1) is 31.9 Å². The predicted octanol–water partition coefficient (Wildman–Crippen LogP) is 5.63. The Morgan fingerprint density at radius 2 is 1.82 bits per heavy atom. The van der Waals surface area contributed by atoms with E-state index in [1.165, 1.54) is 0 Å². The Balaban J connectivity index is 1.61. The van der Waals surface area contributed by atoms with Gasteiger partial charge in [-0.1, -0.05) is 37.1 Å². The first-order valence-electron chi connectivity index (χ1n) is 11.6. The SMILES string of the molecule is COc1ccc(OC)c(NC(=O)[C@H]2c3ccccc3C(=O)N(C3CCCC3)[C@@H]2c2cccs2)c1. The molecule has 5 rings (SSSR count). The van der Waals surface area contributed by atoms with Crippen molar-refractivity contribution >= 4 is 28.8 Å². The summed E-state index contributed by atoms with van der Waals surface area (Å²) in [5.74, 6) is 0.466. The van der Waals surface area contributed by atoms with Gasteiger partial charge in [-0.25, -0.2) is 0 Å². The van der Waals surface area contributed by atoms with Crippen molar-refractivity contribution in [3.8, 4) is 11.5 Å². The molecule has 2 atom stereocenters. The zero-order valence-corrected chi connectivity index (χ0v) is 20.1. The molecule has 0 saturated heterocycles. The Bertz CT molecular complexity index is 1190. The van der Waals surface area contributed by atoms with Gasteiger partial charge in [0.25, 0.3) is 5.91 Å². The first-order valence-corrected chi connectivity index (χ1v) is 12.5. The molecule has 2 aliphatic rings. The maximum atomic E-state index is 14.0. The maximum absolute atomic E-state index is 14.0. The minimum Gasteiger partial charge on any atom is -0.497 e. The van der Waals surface area contributed by atoms with E-state index in [1.807, 2.05) is 46.7 Å². The van der Waals surface area contributed by atoms with Crippen LogP contribution in [-0.2, 0) is 4.79 Å². The lowest BCUT2D eigenvalue weighted by Gasteiger charge is -2.44. The minimum absolute atomic E-state index is 0.0175. The Morgan fingerprint density at radius 3 is 2.53 bits per heavy atom. The lowest BCUT2D eigenvalue weighted by atomic mass is 9.80. The van der Waals surface area contributed by atoms with Crippen molar-refractivity contribution < 1.29 is 19.1 Å². The van der Waals surface area contributed by atoms with Gasteiger partial charge in [-0.3, -0.25) is 9.59 Å². The fraction of sp³-hybridized carbons (Fsp3) is 0.333. The van der Waals surface area contributed by atoms with Gasteiger partial charge in [0.2, 0.25) is 5.91 Å². The van der Waals surface area contributed by atoms with Gasteiger partial charge in [-0.05, 0) is 48.1 Å². The normalized spacial score (nSPS) is 20.2. The number of methoxy groups -OCH3 is 2. The molecule has 0 spiro atoms. The van der Waals surface area contributed by atoms with Crippen LogP contribution in [0.15, 0.2) is 60.0 Å². The molecule has 2 heterocycles. The van der Waals surface area contributed by atoms with Crippen LogP contribution < -0.4 is 14.8 Å². The topological polar surface area (TPSA) is 67.9 Å². The molecule has 1 N–H and O–H groups in total. The third-order valence-electron chi connectivity index (χ3n) is 6.88. The third-order valence-corrected chi connectivity index (χ3v) is 7.82. The van der Waals surface area contributed by atoms with Crippen LogP contribution in [0, 0.1) is 0 Å². The molecule has 6 nitrogen and oxygen atoms in total. The number of ether oxygens (including phenoxy) is 2. The van der Waals surface area contributed by atoms with Crippen molar-refractivity contribution in [2.45, 2.75) is 43.7 Å². The molecular weight excluding hydrogens is 448 g/mol. The van der Waals surface area contributed by atoms with Gasteiger partial charge in [0.1, 0.15) is 11.5 Å². The number of fused-ring (bicyclic) bond motifs is 1. The number of nitrogens with zero attached hydrogens (tertiary/aromatic N) is 1. The average molecular weight is 477 g/mol. The molecular formula is C27H28N2O4S. The Morgan fingerprint density at radius 1 is 1.03 bits per heavy atom. The zero-order valence-electron chi connectivity index (χ0n) is 19.3. The maximum Gasteiger partial charge on any atom is 0.254 e. The minimum atomic E-state index is -0.552. The van der Waals surface area contributed by atoms with E-state index in [0.29, 0.717) is 22.7 Å². The summed E-state index contributed by atoms with van der Waals surface area (Å²) in [6, 6.07) is 16.6. The first kappa shape index (κ1) is 22.5. The standard InChI is InChI=1S/C27H28N2O4S/c1-32-18-13-14-22(33-2)21(16-18)28-26(30)24-19-10-5-6-11-20(19)27(31)29(17-8-3-4-9-17)25(24)23-12-7-15-34-23/h5-7,10-17,24-25H,3-4,8-9H2,1-2H3,(H,28,30)/t24-,25+/m0/s1. The number of anilines is 1. The van der Waals surface area contributed by atoms with E-state index in [4.69, 9.17) is 9.47 Å². The number of carbonyl (C=O) groups is 2. The molecule has 3 aromatic rings. The highest BCUT2D eigenvalue weighted by atomic mass is 32.1. The third kappa shape index (κ3) is 3.94. The second-order valence-corrected chi connectivity index (χ2v) is 9.71. The van der Waals surface area contributed by atoms with E-state index in [1.54, 1.807) is 43.8 Å². The molecule has 1 fully saturated rings. The van der Waals surface area contributed by atoms with Crippen molar-refractivity contribution in [3.05, 3.63) is 76.0 Å². The van der Waals surface area contributed by atoms with Crippen molar-refractivity contribution in [3.63, 3.8) is 0 Å². The molecule has 176 valence electrons. The summed E-state index contributed by atoms with van der Waals surface area (Å²) in [6.45, 7) is 0. The van der Waals surface area contributed by atoms with Crippen LogP contribution >= 0.6 is 11.3 Å². The Hall–Kier alpha value is -3.32. The molecule has 0 bridgehead atoms. The van der Waals surface area contributed by atoms with Gasteiger partial charge in [0, 0.05) is 22.5 Å². The van der Waals surface area contributed by atoms with Gasteiger partial charge in [-0.2, -0.15) is 0 Å². The molecule has 1 aliphatic heterocycles. The number of carbonyl (C=O) groups excluding carboxylic acids is 2. The smallest absolute Gasteiger partial charge is 0.254 e. The number of thiophene rings is 1. The number of amides is 2. The van der Waals surface area contributed by atoms with Crippen LogP contribution in [-0.4, -0.2) is 37.0 Å². The second kappa shape index (κ2) is 9.50. The molecule has 34 heavy (non-hydrogen) atoms. The Labute approximate surface area is 203 Å².